The van der Waals surface area contributed by atoms with Gasteiger partial charge in [-0.3, -0.25) is 14.9 Å². The molecule has 6 nitrogen and oxygen atoms in total. The second-order valence-corrected chi connectivity index (χ2v) is 5.86. The Morgan fingerprint density at radius 1 is 1.27 bits per heavy atom. The number of amides is 1. The zero-order valence-corrected chi connectivity index (χ0v) is 14.7. The second-order valence-electron chi connectivity index (χ2n) is 5.86. The summed E-state index contributed by atoms with van der Waals surface area (Å²) in [7, 11) is 0. The summed E-state index contributed by atoms with van der Waals surface area (Å²) in [5, 5.41) is 13.7. The largest absolute Gasteiger partial charge is 0.483 e. The first-order chi connectivity index (χ1) is 12.5. The molecule has 0 heterocycles. The number of nitrogens with zero attached hydrogens (tertiary/aromatic N) is 1. The Morgan fingerprint density at radius 3 is 2.73 bits per heavy atom. The third-order valence-corrected chi connectivity index (χ3v) is 3.96. The highest BCUT2D eigenvalue weighted by Crippen LogP contribution is 2.25. The molecule has 0 atom stereocenters. The summed E-state index contributed by atoms with van der Waals surface area (Å²) in [6, 6.07) is 12.3. The molecule has 0 aliphatic heterocycles. The normalized spacial score (nSPS) is 10.2. The summed E-state index contributed by atoms with van der Waals surface area (Å²) in [6.45, 7) is 6.05. The van der Waals surface area contributed by atoms with Crippen molar-refractivity contribution in [3.8, 4) is 5.75 Å². The number of carbonyl (C=O) groups excluding carboxylic acids is 1. The number of nitro benzene ring substituents is 1. The van der Waals surface area contributed by atoms with Crippen LogP contribution in [0.5, 0.6) is 5.75 Å². The Morgan fingerprint density at radius 2 is 2.04 bits per heavy atom. The van der Waals surface area contributed by atoms with Gasteiger partial charge in [-0.1, -0.05) is 30.3 Å². The fourth-order valence-corrected chi connectivity index (χ4v) is 2.56. The van der Waals surface area contributed by atoms with E-state index in [9.17, 15) is 14.9 Å². The predicted octanol–water partition coefficient (Wildman–Crippen LogP) is 3.37. The van der Waals surface area contributed by atoms with E-state index in [4.69, 9.17) is 4.74 Å². The lowest BCUT2D eigenvalue weighted by molar-refractivity contribution is -0.384. The van der Waals surface area contributed by atoms with Gasteiger partial charge in [0.1, 0.15) is 5.75 Å². The van der Waals surface area contributed by atoms with E-state index in [1.54, 1.807) is 6.08 Å². The average Bonchev–Trinajstić information content (AvgIpc) is 2.62. The average molecular weight is 354 g/mol. The summed E-state index contributed by atoms with van der Waals surface area (Å²) in [6.07, 6.45) is 2.80. The van der Waals surface area contributed by atoms with Gasteiger partial charge >= 0.3 is 0 Å². The van der Waals surface area contributed by atoms with Crippen LogP contribution in [0.25, 0.3) is 0 Å². The third kappa shape index (κ3) is 5.44. The first-order valence-electron chi connectivity index (χ1n) is 8.33. The van der Waals surface area contributed by atoms with Crippen LogP contribution >= 0.6 is 0 Å². The highest BCUT2D eigenvalue weighted by molar-refractivity contribution is 5.77. The maximum Gasteiger partial charge on any atom is 0.269 e. The van der Waals surface area contributed by atoms with Crippen molar-refractivity contribution in [3.05, 3.63) is 81.9 Å². The molecule has 0 unspecified atom stereocenters. The van der Waals surface area contributed by atoms with Crippen LogP contribution < -0.4 is 10.1 Å². The van der Waals surface area contributed by atoms with Gasteiger partial charge in [0, 0.05) is 24.2 Å². The molecule has 6 heteroatoms. The van der Waals surface area contributed by atoms with E-state index >= 15 is 0 Å². The number of hydrogen-bond acceptors (Lipinski definition) is 4. The van der Waals surface area contributed by atoms with Crippen LogP contribution in [0.4, 0.5) is 5.69 Å². The molecule has 0 bridgehead atoms. The summed E-state index contributed by atoms with van der Waals surface area (Å²) in [4.78, 5) is 22.4. The number of hydrogen-bond donors (Lipinski definition) is 1. The molecule has 0 saturated carbocycles. The standard InChI is InChI=1S/C20H22N2O4/c1-3-6-17-13-18(22(24)25)9-10-19(17)26-14-20(23)21-12-11-16-8-5-4-7-15(16)2/h3-5,7-10,13H,1,6,11-12,14H2,2H3,(H,21,23). The molecule has 2 rings (SSSR count). The van der Waals surface area contributed by atoms with Gasteiger partial charge in [0.2, 0.25) is 0 Å². The second kappa shape index (κ2) is 9.36. The molecule has 26 heavy (non-hydrogen) atoms. The molecule has 0 aliphatic carbocycles. The van der Waals surface area contributed by atoms with Crippen LogP contribution in [0.1, 0.15) is 16.7 Å². The molecule has 0 fully saturated rings. The van der Waals surface area contributed by atoms with Crippen molar-refractivity contribution in [3.63, 3.8) is 0 Å². The van der Waals surface area contributed by atoms with E-state index in [0.717, 1.165) is 6.42 Å². The van der Waals surface area contributed by atoms with Gasteiger partial charge < -0.3 is 10.1 Å². The molecule has 0 radical (unpaired) electrons. The van der Waals surface area contributed by atoms with Crippen molar-refractivity contribution < 1.29 is 14.5 Å². The fraction of sp³-hybridized carbons (Fsp3) is 0.250. The molecule has 0 aromatic heterocycles. The minimum Gasteiger partial charge on any atom is -0.483 e. The zero-order chi connectivity index (χ0) is 18.9. The first kappa shape index (κ1) is 19.2. The Bertz CT molecular complexity index is 802. The number of benzene rings is 2. The molecule has 136 valence electrons. The Hall–Kier alpha value is -3.15. The van der Waals surface area contributed by atoms with Crippen LogP contribution in [0, 0.1) is 17.0 Å². The topological polar surface area (TPSA) is 81.5 Å². The van der Waals surface area contributed by atoms with Crippen molar-refractivity contribution >= 4 is 11.6 Å². The van der Waals surface area contributed by atoms with E-state index < -0.39 is 4.92 Å². The predicted molar refractivity (Wildman–Crippen MR) is 100 cm³/mol. The molecule has 2 aromatic carbocycles. The van der Waals surface area contributed by atoms with E-state index in [2.05, 4.69) is 11.9 Å². The first-order valence-corrected chi connectivity index (χ1v) is 8.33. The van der Waals surface area contributed by atoms with Crippen molar-refractivity contribution in [2.45, 2.75) is 19.8 Å². The minimum atomic E-state index is -0.464. The van der Waals surface area contributed by atoms with Crippen LogP contribution in [0.2, 0.25) is 0 Å². The van der Waals surface area contributed by atoms with E-state index in [1.807, 2.05) is 31.2 Å². The number of nitro groups is 1. The molecule has 0 spiro atoms. The Labute approximate surface area is 152 Å². The molecule has 2 aromatic rings. The van der Waals surface area contributed by atoms with E-state index in [1.165, 1.54) is 29.3 Å². The molecule has 1 amide bonds. The fourth-order valence-electron chi connectivity index (χ4n) is 2.56. The van der Waals surface area contributed by atoms with E-state index in [-0.39, 0.29) is 18.2 Å². The van der Waals surface area contributed by atoms with Gasteiger partial charge in [0.25, 0.3) is 11.6 Å². The number of rotatable bonds is 9. The molecule has 0 aliphatic rings. The van der Waals surface area contributed by atoms with E-state index in [0.29, 0.717) is 24.3 Å². The third-order valence-electron chi connectivity index (χ3n) is 3.96. The smallest absolute Gasteiger partial charge is 0.269 e. The number of non-ortho nitro benzene ring substituents is 1. The monoisotopic (exact) mass is 354 g/mol. The lowest BCUT2D eigenvalue weighted by Gasteiger charge is -2.11. The number of ether oxygens (including phenoxy) is 1. The van der Waals surface area contributed by atoms with Crippen LogP contribution in [-0.2, 0) is 17.6 Å². The molecular weight excluding hydrogens is 332 g/mol. The minimum absolute atomic E-state index is 0.0168. The zero-order valence-electron chi connectivity index (χ0n) is 14.7. The Balaban J connectivity index is 1.87. The van der Waals surface area contributed by atoms with Crippen molar-refractivity contribution in [1.82, 2.24) is 5.32 Å². The number of nitrogens with one attached hydrogen (secondary N) is 1. The molecular formula is C20H22N2O4. The van der Waals surface area contributed by atoms with Gasteiger partial charge in [-0.15, -0.1) is 6.58 Å². The lowest BCUT2D eigenvalue weighted by Crippen LogP contribution is -2.30. The number of allylic oxidation sites excluding steroid dienone is 1. The van der Waals surface area contributed by atoms with Gasteiger partial charge in [-0.2, -0.15) is 0 Å². The highest BCUT2D eigenvalue weighted by Gasteiger charge is 2.12. The number of aryl methyl sites for hydroxylation is 1. The van der Waals surface area contributed by atoms with Gasteiger partial charge in [-0.25, -0.2) is 0 Å². The number of carbonyl (C=O) groups is 1. The quantitative estimate of drug-likeness (QED) is 0.425. The van der Waals surface area contributed by atoms with Crippen LogP contribution in [-0.4, -0.2) is 24.0 Å². The molecule has 0 saturated heterocycles. The van der Waals surface area contributed by atoms with Gasteiger partial charge in [0.15, 0.2) is 6.61 Å². The summed E-state index contributed by atoms with van der Waals surface area (Å²) in [5.41, 5.74) is 2.99. The van der Waals surface area contributed by atoms with Crippen LogP contribution in [0.15, 0.2) is 55.1 Å². The summed E-state index contributed by atoms with van der Waals surface area (Å²) >= 11 is 0. The van der Waals surface area contributed by atoms with Crippen LogP contribution in [0.3, 0.4) is 0 Å². The highest BCUT2D eigenvalue weighted by atomic mass is 16.6. The maximum atomic E-state index is 12.0. The van der Waals surface area contributed by atoms with Crippen molar-refractivity contribution in [2.24, 2.45) is 0 Å². The van der Waals surface area contributed by atoms with Crippen molar-refractivity contribution in [2.75, 3.05) is 13.2 Å². The summed E-state index contributed by atoms with van der Waals surface area (Å²) in [5.74, 6) is 0.214. The van der Waals surface area contributed by atoms with Crippen molar-refractivity contribution in [1.29, 1.82) is 0 Å². The molecule has 1 N–H and O–H groups in total. The SMILES string of the molecule is C=CCc1cc([N+](=O)[O-])ccc1OCC(=O)NCCc1ccccc1C. The van der Waals surface area contributed by atoms with Gasteiger partial charge in [0.05, 0.1) is 4.92 Å². The maximum absolute atomic E-state index is 12.0. The Kier molecular flexibility index (Phi) is 6.91. The van der Waals surface area contributed by atoms with Gasteiger partial charge in [-0.05, 0) is 37.0 Å². The summed E-state index contributed by atoms with van der Waals surface area (Å²) < 4.78 is 5.53. The lowest BCUT2D eigenvalue weighted by atomic mass is 10.1.